The topological polar surface area (TPSA) is 83.8 Å². The van der Waals surface area contributed by atoms with E-state index in [1.807, 2.05) is 6.92 Å². The number of imidazole rings is 1. The molecular formula is C12H13BrN4O. The molecule has 4 N–H and O–H groups in total. The Labute approximate surface area is 113 Å². The molecule has 1 aromatic heterocycles. The largest absolute Gasteiger partial charge is 0.398 e. The molecule has 0 aliphatic carbocycles. The number of anilines is 1. The van der Waals surface area contributed by atoms with E-state index in [9.17, 15) is 4.79 Å². The van der Waals surface area contributed by atoms with E-state index in [0.29, 0.717) is 23.6 Å². The fourth-order valence-corrected chi connectivity index (χ4v) is 2.07. The molecule has 1 heterocycles. The second-order valence-corrected chi connectivity index (χ2v) is 4.80. The van der Waals surface area contributed by atoms with Crippen LogP contribution in [0.4, 0.5) is 5.69 Å². The summed E-state index contributed by atoms with van der Waals surface area (Å²) in [6, 6.07) is 3.53. The third-order valence-corrected chi connectivity index (χ3v) is 3.09. The van der Waals surface area contributed by atoms with E-state index >= 15 is 0 Å². The van der Waals surface area contributed by atoms with Gasteiger partial charge in [-0.3, -0.25) is 4.79 Å². The van der Waals surface area contributed by atoms with Gasteiger partial charge in [-0.1, -0.05) is 15.9 Å². The molecule has 0 spiro atoms. The zero-order valence-electron chi connectivity index (χ0n) is 9.83. The van der Waals surface area contributed by atoms with Crippen molar-refractivity contribution in [2.45, 2.75) is 13.5 Å². The summed E-state index contributed by atoms with van der Waals surface area (Å²) >= 11 is 3.33. The average Bonchev–Trinajstić information content (AvgIpc) is 2.83. The number of nitrogen functional groups attached to an aromatic ring is 1. The molecule has 5 nitrogen and oxygen atoms in total. The highest BCUT2D eigenvalue weighted by Gasteiger charge is 2.12. The van der Waals surface area contributed by atoms with Crippen LogP contribution < -0.4 is 11.1 Å². The van der Waals surface area contributed by atoms with Crippen molar-refractivity contribution in [3.05, 3.63) is 46.0 Å². The molecular weight excluding hydrogens is 296 g/mol. The second kappa shape index (κ2) is 5.22. The quantitative estimate of drug-likeness (QED) is 0.758. The van der Waals surface area contributed by atoms with E-state index in [2.05, 4.69) is 31.2 Å². The average molecular weight is 309 g/mol. The van der Waals surface area contributed by atoms with Gasteiger partial charge in [-0.15, -0.1) is 0 Å². The van der Waals surface area contributed by atoms with Crippen LogP contribution >= 0.6 is 15.9 Å². The van der Waals surface area contributed by atoms with E-state index in [0.717, 1.165) is 10.0 Å². The lowest BCUT2D eigenvalue weighted by Crippen LogP contribution is -2.24. The normalized spacial score (nSPS) is 10.3. The number of rotatable bonds is 3. The Morgan fingerprint density at radius 1 is 1.56 bits per heavy atom. The molecule has 6 heteroatoms. The Bertz CT molecular complexity index is 566. The lowest BCUT2D eigenvalue weighted by molar-refractivity contribution is 0.0949. The van der Waals surface area contributed by atoms with Crippen LogP contribution in [0.15, 0.2) is 29.0 Å². The fraction of sp³-hybridized carbons (Fsp3) is 0.167. The van der Waals surface area contributed by atoms with Crippen LogP contribution in [0.5, 0.6) is 0 Å². The van der Waals surface area contributed by atoms with Gasteiger partial charge in [-0.25, -0.2) is 4.98 Å². The number of halogens is 1. The Balaban J connectivity index is 2.14. The van der Waals surface area contributed by atoms with E-state index in [1.54, 1.807) is 24.5 Å². The van der Waals surface area contributed by atoms with Crippen molar-refractivity contribution in [1.29, 1.82) is 0 Å². The molecule has 0 aliphatic rings. The van der Waals surface area contributed by atoms with E-state index in [-0.39, 0.29) is 5.91 Å². The second-order valence-electron chi connectivity index (χ2n) is 3.89. The summed E-state index contributed by atoms with van der Waals surface area (Å²) in [5.74, 6) is 0.542. The lowest BCUT2D eigenvalue weighted by Gasteiger charge is -2.09. The van der Waals surface area contributed by atoms with Crippen LogP contribution in [0.25, 0.3) is 0 Å². The number of amides is 1. The van der Waals surface area contributed by atoms with Crippen LogP contribution in [0.1, 0.15) is 21.7 Å². The fourth-order valence-electron chi connectivity index (χ4n) is 1.59. The standard InChI is InChI=1S/C12H13BrN4O/c1-7-9(4-8(13)5-10(7)14)12(18)17-6-11-15-2-3-16-11/h2-5H,6,14H2,1H3,(H,15,16)(H,17,18). The van der Waals surface area contributed by atoms with E-state index in [1.165, 1.54) is 0 Å². The first-order valence-electron chi connectivity index (χ1n) is 5.40. The summed E-state index contributed by atoms with van der Waals surface area (Å²) in [7, 11) is 0. The summed E-state index contributed by atoms with van der Waals surface area (Å²) in [4.78, 5) is 19.0. The number of H-pyrrole nitrogens is 1. The van der Waals surface area contributed by atoms with Crippen LogP contribution in [0.3, 0.4) is 0 Å². The Kier molecular flexibility index (Phi) is 3.66. The van der Waals surface area contributed by atoms with Crippen molar-refractivity contribution in [1.82, 2.24) is 15.3 Å². The van der Waals surface area contributed by atoms with Gasteiger partial charge in [0, 0.05) is 28.1 Å². The Morgan fingerprint density at radius 3 is 3.00 bits per heavy atom. The van der Waals surface area contributed by atoms with Crippen LogP contribution in [-0.2, 0) is 6.54 Å². The smallest absolute Gasteiger partial charge is 0.252 e. The molecule has 0 unspecified atom stereocenters. The number of nitrogens with zero attached hydrogens (tertiary/aromatic N) is 1. The highest BCUT2D eigenvalue weighted by atomic mass is 79.9. The monoisotopic (exact) mass is 308 g/mol. The molecule has 2 rings (SSSR count). The zero-order valence-corrected chi connectivity index (χ0v) is 11.4. The highest BCUT2D eigenvalue weighted by Crippen LogP contribution is 2.22. The van der Waals surface area contributed by atoms with Crippen molar-refractivity contribution in [2.75, 3.05) is 5.73 Å². The van der Waals surface area contributed by atoms with Crippen LogP contribution in [0, 0.1) is 6.92 Å². The maximum absolute atomic E-state index is 12.0. The summed E-state index contributed by atoms with van der Waals surface area (Å²) in [5, 5.41) is 2.79. The van der Waals surface area contributed by atoms with Crippen molar-refractivity contribution < 1.29 is 4.79 Å². The summed E-state index contributed by atoms with van der Waals surface area (Å²) in [5.41, 5.74) is 7.75. The number of nitrogens with two attached hydrogens (primary N) is 1. The third-order valence-electron chi connectivity index (χ3n) is 2.63. The molecule has 1 amide bonds. The summed E-state index contributed by atoms with van der Waals surface area (Å²) in [6.45, 7) is 2.18. The first-order valence-corrected chi connectivity index (χ1v) is 6.19. The van der Waals surface area contributed by atoms with Gasteiger partial charge >= 0.3 is 0 Å². The summed E-state index contributed by atoms with van der Waals surface area (Å²) < 4.78 is 0.786. The molecule has 0 bridgehead atoms. The van der Waals surface area contributed by atoms with Crippen molar-refractivity contribution in [3.8, 4) is 0 Å². The minimum Gasteiger partial charge on any atom is -0.398 e. The number of aromatic nitrogens is 2. The molecule has 94 valence electrons. The highest BCUT2D eigenvalue weighted by molar-refractivity contribution is 9.10. The van der Waals surface area contributed by atoms with Gasteiger partial charge < -0.3 is 16.0 Å². The first kappa shape index (κ1) is 12.6. The van der Waals surface area contributed by atoms with Crippen molar-refractivity contribution in [2.24, 2.45) is 0 Å². The maximum Gasteiger partial charge on any atom is 0.252 e. The van der Waals surface area contributed by atoms with Gasteiger partial charge in [0.05, 0.1) is 6.54 Å². The molecule has 0 radical (unpaired) electrons. The predicted octanol–water partition coefficient (Wildman–Crippen LogP) is 1.99. The van der Waals surface area contributed by atoms with Crippen molar-refractivity contribution in [3.63, 3.8) is 0 Å². The number of carbonyl (C=O) groups is 1. The number of benzene rings is 1. The van der Waals surface area contributed by atoms with Crippen LogP contribution in [-0.4, -0.2) is 15.9 Å². The summed E-state index contributed by atoms with van der Waals surface area (Å²) in [6.07, 6.45) is 3.35. The van der Waals surface area contributed by atoms with Gasteiger partial charge in [0.2, 0.25) is 0 Å². The first-order chi connectivity index (χ1) is 8.58. The molecule has 0 aliphatic heterocycles. The van der Waals surface area contributed by atoms with Gasteiger partial charge in [-0.2, -0.15) is 0 Å². The van der Waals surface area contributed by atoms with E-state index in [4.69, 9.17) is 5.73 Å². The number of carbonyl (C=O) groups excluding carboxylic acids is 1. The number of nitrogens with one attached hydrogen (secondary N) is 2. The number of hydrogen-bond donors (Lipinski definition) is 3. The zero-order chi connectivity index (χ0) is 13.1. The van der Waals surface area contributed by atoms with Gasteiger partial charge in [0.15, 0.2) is 0 Å². The maximum atomic E-state index is 12.0. The third kappa shape index (κ3) is 2.70. The molecule has 18 heavy (non-hydrogen) atoms. The Hall–Kier alpha value is -1.82. The van der Waals surface area contributed by atoms with Gasteiger partial charge in [0.25, 0.3) is 5.91 Å². The SMILES string of the molecule is Cc1c(N)cc(Br)cc1C(=O)NCc1ncc[nH]1. The van der Waals surface area contributed by atoms with E-state index < -0.39 is 0 Å². The van der Waals surface area contributed by atoms with Crippen molar-refractivity contribution >= 4 is 27.5 Å². The molecule has 0 fully saturated rings. The van der Waals surface area contributed by atoms with Gasteiger partial charge in [-0.05, 0) is 24.6 Å². The molecule has 0 saturated carbocycles. The van der Waals surface area contributed by atoms with Crippen LogP contribution in [0.2, 0.25) is 0 Å². The number of hydrogen-bond acceptors (Lipinski definition) is 3. The molecule has 0 atom stereocenters. The minimum atomic E-state index is -0.170. The lowest BCUT2D eigenvalue weighted by atomic mass is 10.1. The van der Waals surface area contributed by atoms with Gasteiger partial charge in [0.1, 0.15) is 5.82 Å². The predicted molar refractivity (Wildman–Crippen MR) is 73.0 cm³/mol. The number of aromatic amines is 1. The minimum absolute atomic E-state index is 0.170. The molecule has 2 aromatic rings. The molecule has 0 saturated heterocycles. The molecule has 1 aromatic carbocycles. The Morgan fingerprint density at radius 2 is 2.33 bits per heavy atom.